The molecule has 0 spiro atoms. The van der Waals surface area contributed by atoms with Crippen molar-refractivity contribution in [2.45, 2.75) is 0 Å². The van der Waals surface area contributed by atoms with E-state index in [1.807, 2.05) is 0 Å². The van der Waals surface area contributed by atoms with E-state index in [1.165, 1.54) is 12.1 Å². The SMILES string of the molecule is O=c1[n-]oc(=O)n1-c1ccc(Cl)cc1.[K+]. The standard InChI is InChI=1S/C8H5ClN2O3.K/c9-5-1-3-6(4-2-5)11-7(12)10-14-8(11)13;/h1-4H,(H,10,12);/q;+1/p-1. The topological polar surface area (TPSA) is 66.3 Å². The molecule has 0 atom stereocenters. The van der Waals surface area contributed by atoms with Gasteiger partial charge in [0.2, 0.25) is 0 Å². The van der Waals surface area contributed by atoms with Gasteiger partial charge in [-0.15, -0.1) is 0 Å². The first-order chi connectivity index (χ1) is 6.68. The molecular weight excluding hydrogens is 247 g/mol. The fourth-order valence-corrected chi connectivity index (χ4v) is 1.17. The van der Waals surface area contributed by atoms with Crippen LogP contribution in [0.4, 0.5) is 0 Å². The summed E-state index contributed by atoms with van der Waals surface area (Å²) in [7, 11) is 0. The summed E-state index contributed by atoms with van der Waals surface area (Å²) in [4.78, 5) is 22.1. The Morgan fingerprint density at radius 3 is 2.27 bits per heavy atom. The maximum Gasteiger partial charge on any atom is 1.00 e. The van der Waals surface area contributed by atoms with E-state index in [9.17, 15) is 9.59 Å². The second kappa shape index (κ2) is 5.29. The summed E-state index contributed by atoms with van der Waals surface area (Å²) >= 11 is 5.65. The summed E-state index contributed by atoms with van der Waals surface area (Å²) < 4.78 is 5.01. The van der Waals surface area contributed by atoms with E-state index in [0.29, 0.717) is 10.7 Å². The summed E-state index contributed by atoms with van der Waals surface area (Å²) in [6, 6.07) is 6.19. The zero-order valence-electron chi connectivity index (χ0n) is 7.81. The molecule has 0 amide bonds. The molecule has 72 valence electrons. The third kappa shape index (κ3) is 2.71. The van der Waals surface area contributed by atoms with Crippen LogP contribution in [-0.4, -0.2) is 4.57 Å². The van der Waals surface area contributed by atoms with Gasteiger partial charge in [0.1, 0.15) is 0 Å². The molecule has 0 aliphatic rings. The number of nitrogens with zero attached hydrogens (tertiary/aromatic N) is 2. The molecule has 0 N–H and O–H groups in total. The number of benzene rings is 1. The molecule has 1 aromatic heterocycles. The first-order valence-corrected chi connectivity index (χ1v) is 4.08. The molecular formula is C8H4ClKN2O3. The van der Waals surface area contributed by atoms with Crippen LogP contribution >= 0.6 is 11.6 Å². The van der Waals surface area contributed by atoms with Crippen LogP contribution in [0.2, 0.25) is 5.02 Å². The van der Waals surface area contributed by atoms with Crippen LogP contribution < -0.4 is 68.0 Å². The first kappa shape index (κ1) is 13.0. The van der Waals surface area contributed by atoms with Crippen molar-refractivity contribution in [2.24, 2.45) is 0 Å². The zero-order valence-corrected chi connectivity index (χ0v) is 11.7. The second-order valence-electron chi connectivity index (χ2n) is 2.54. The van der Waals surface area contributed by atoms with Gasteiger partial charge in [0.15, 0.2) is 5.69 Å². The summed E-state index contributed by atoms with van der Waals surface area (Å²) in [6.07, 6.45) is 0. The van der Waals surface area contributed by atoms with E-state index in [2.05, 4.69) is 9.68 Å². The van der Waals surface area contributed by atoms with E-state index in [4.69, 9.17) is 11.6 Å². The third-order valence-corrected chi connectivity index (χ3v) is 1.91. The van der Waals surface area contributed by atoms with Gasteiger partial charge >= 0.3 is 57.1 Å². The van der Waals surface area contributed by atoms with Crippen LogP contribution in [0.3, 0.4) is 0 Å². The Bertz CT molecular complexity index is 527. The van der Waals surface area contributed by atoms with Gasteiger partial charge in [-0.1, -0.05) is 23.7 Å². The van der Waals surface area contributed by atoms with Gasteiger partial charge in [0.25, 0.3) is 0 Å². The van der Waals surface area contributed by atoms with Crippen LogP contribution in [0, 0.1) is 0 Å². The maximum atomic E-state index is 11.1. The second-order valence-corrected chi connectivity index (χ2v) is 2.98. The molecule has 0 radical (unpaired) electrons. The molecule has 0 aliphatic heterocycles. The molecule has 0 aliphatic carbocycles. The van der Waals surface area contributed by atoms with Crippen LogP contribution in [0.1, 0.15) is 0 Å². The normalized spacial score (nSPS) is 9.67. The van der Waals surface area contributed by atoms with E-state index in [1.54, 1.807) is 12.1 Å². The van der Waals surface area contributed by atoms with Gasteiger partial charge in [0.05, 0.1) is 0 Å². The van der Waals surface area contributed by atoms with Crippen molar-refractivity contribution < 1.29 is 55.9 Å². The fraction of sp³-hybridized carbons (Fsp3) is 0. The molecule has 7 heteroatoms. The van der Waals surface area contributed by atoms with Crippen LogP contribution in [-0.2, 0) is 0 Å². The molecule has 0 fully saturated rings. The Hall–Kier alpha value is -0.114. The maximum absolute atomic E-state index is 11.1. The van der Waals surface area contributed by atoms with Gasteiger partial charge in [0, 0.05) is 5.02 Å². The van der Waals surface area contributed by atoms with Crippen molar-refractivity contribution in [3.8, 4) is 5.69 Å². The van der Waals surface area contributed by atoms with E-state index in [-0.39, 0.29) is 51.4 Å². The predicted octanol–water partition coefficient (Wildman–Crippen LogP) is -2.59. The minimum Gasteiger partial charge on any atom is -0.419 e. The van der Waals surface area contributed by atoms with Gasteiger partial charge < -0.3 is 9.09 Å². The summed E-state index contributed by atoms with van der Waals surface area (Å²) in [6.45, 7) is 0. The quantitative estimate of drug-likeness (QED) is 0.521. The van der Waals surface area contributed by atoms with Gasteiger partial charge in [-0.3, -0.25) is 4.79 Å². The third-order valence-electron chi connectivity index (χ3n) is 1.66. The Balaban J connectivity index is 0.00000112. The van der Waals surface area contributed by atoms with Crippen LogP contribution in [0.25, 0.3) is 5.69 Å². The molecule has 2 aromatic rings. The smallest absolute Gasteiger partial charge is 0.419 e. The van der Waals surface area contributed by atoms with Crippen molar-refractivity contribution in [1.82, 2.24) is 9.72 Å². The minimum absolute atomic E-state index is 0. The van der Waals surface area contributed by atoms with E-state index < -0.39 is 11.4 Å². The van der Waals surface area contributed by atoms with Crippen molar-refractivity contribution in [2.75, 3.05) is 0 Å². The molecule has 15 heavy (non-hydrogen) atoms. The van der Waals surface area contributed by atoms with Crippen molar-refractivity contribution in [3.05, 3.63) is 50.3 Å². The van der Waals surface area contributed by atoms with Crippen molar-refractivity contribution in [1.29, 1.82) is 0 Å². The monoisotopic (exact) mass is 250 g/mol. The Kier molecular flexibility index (Phi) is 4.56. The summed E-state index contributed by atoms with van der Waals surface area (Å²) in [5.41, 5.74) is -0.358. The molecule has 0 saturated carbocycles. The van der Waals surface area contributed by atoms with E-state index in [0.717, 1.165) is 4.57 Å². The number of aromatic nitrogens is 2. The molecule has 0 unspecified atom stereocenters. The number of halogens is 1. The Labute approximate surface area is 131 Å². The zero-order chi connectivity index (χ0) is 10.1. The number of hydrogen-bond acceptors (Lipinski definition) is 3. The first-order valence-electron chi connectivity index (χ1n) is 3.70. The molecule has 1 heterocycles. The summed E-state index contributed by atoms with van der Waals surface area (Å²) in [5, 5.41) is 3.52. The predicted molar refractivity (Wildman–Crippen MR) is 48.9 cm³/mol. The molecule has 0 bridgehead atoms. The van der Waals surface area contributed by atoms with Crippen LogP contribution in [0.15, 0.2) is 38.4 Å². The molecule has 1 aromatic carbocycles. The van der Waals surface area contributed by atoms with Crippen molar-refractivity contribution >= 4 is 11.6 Å². The van der Waals surface area contributed by atoms with Gasteiger partial charge in [-0.05, 0) is 17.8 Å². The van der Waals surface area contributed by atoms with Gasteiger partial charge in [-0.25, -0.2) is 9.95 Å². The van der Waals surface area contributed by atoms with E-state index >= 15 is 0 Å². The fourth-order valence-electron chi connectivity index (χ4n) is 1.04. The minimum atomic E-state index is -0.808. The molecule has 0 saturated heterocycles. The Morgan fingerprint density at radius 2 is 1.80 bits per heavy atom. The largest absolute Gasteiger partial charge is 1.00 e. The summed E-state index contributed by atoms with van der Waals surface area (Å²) in [5.74, 6) is -0.808. The average Bonchev–Trinajstić information content (AvgIpc) is 2.49. The number of rotatable bonds is 1. The van der Waals surface area contributed by atoms with Gasteiger partial charge in [-0.2, -0.15) is 0 Å². The molecule has 5 nitrogen and oxygen atoms in total. The number of hydrogen-bond donors (Lipinski definition) is 0. The average molecular weight is 251 g/mol. The molecule has 2 rings (SSSR count). The van der Waals surface area contributed by atoms with Crippen molar-refractivity contribution in [3.63, 3.8) is 0 Å². The van der Waals surface area contributed by atoms with Crippen LogP contribution in [0.5, 0.6) is 0 Å². The Morgan fingerprint density at radius 1 is 1.20 bits per heavy atom.